The fourth-order valence-corrected chi connectivity index (χ4v) is 5.21. The van der Waals surface area contributed by atoms with Crippen LogP contribution in [0.4, 0.5) is 0 Å². The molecule has 0 radical (unpaired) electrons. The van der Waals surface area contributed by atoms with Crippen molar-refractivity contribution in [3.8, 4) is 5.69 Å². The maximum atomic E-state index is 2.32. The van der Waals surface area contributed by atoms with Crippen LogP contribution in [0.2, 0.25) is 0 Å². The molecule has 0 aliphatic heterocycles. The smallest absolute Gasteiger partial charge is 0.239 e. The van der Waals surface area contributed by atoms with Gasteiger partial charge in [0.15, 0.2) is 0 Å². The summed E-state index contributed by atoms with van der Waals surface area (Å²) >= 11 is 0. The second-order valence-corrected chi connectivity index (χ2v) is 9.14. The van der Waals surface area contributed by atoms with Crippen LogP contribution in [0.3, 0.4) is 0 Å². The van der Waals surface area contributed by atoms with E-state index in [1.165, 1.54) is 55.5 Å². The molecule has 4 rings (SSSR count). The second-order valence-electron chi connectivity index (χ2n) is 9.14. The van der Waals surface area contributed by atoms with Crippen LogP contribution in [-0.4, -0.2) is 11.3 Å². The van der Waals surface area contributed by atoms with Crippen molar-refractivity contribution in [2.24, 2.45) is 7.05 Å². The standard InChI is InChI=1S/C28H32BN2/c1-19-14-21(3)27(22(4)15-19)29(28-23(5)16-20(2)17-24(28)6)25-8-10-26(11-9-25)31-13-12-30(7)18-31/h8-18H,1-7H3/q+1. The zero-order valence-corrected chi connectivity index (χ0v) is 19.8. The molecule has 2 nitrogen and oxygen atoms in total. The Morgan fingerprint density at radius 2 is 1.13 bits per heavy atom. The highest BCUT2D eigenvalue weighted by atomic mass is 15.1. The Labute approximate surface area is 187 Å². The quantitative estimate of drug-likeness (QED) is 0.361. The predicted octanol–water partition coefficient (Wildman–Crippen LogP) is 3.67. The Hall–Kier alpha value is -3.07. The third-order valence-electron chi connectivity index (χ3n) is 6.35. The first-order valence-electron chi connectivity index (χ1n) is 11.0. The summed E-state index contributed by atoms with van der Waals surface area (Å²) in [5.74, 6) is 0. The summed E-state index contributed by atoms with van der Waals surface area (Å²) in [4.78, 5) is 0. The van der Waals surface area contributed by atoms with Gasteiger partial charge in [-0.15, -0.1) is 0 Å². The van der Waals surface area contributed by atoms with E-state index in [4.69, 9.17) is 0 Å². The van der Waals surface area contributed by atoms with Gasteiger partial charge in [-0.3, -0.25) is 0 Å². The van der Waals surface area contributed by atoms with E-state index in [9.17, 15) is 0 Å². The minimum Gasteiger partial charge on any atom is -0.239 e. The van der Waals surface area contributed by atoms with Crippen molar-refractivity contribution in [2.75, 3.05) is 0 Å². The van der Waals surface area contributed by atoms with E-state index in [0.717, 1.165) is 0 Å². The predicted molar refractivity (Wildman–Crippen MR) is 133 cm³/mol. The number of benzene rings is 3. The molecule has 0 N–H and O–H groups in total. The monoisotopic (exact) mass is 407 g/mol. The maximum absolute atomic E-state index is 2.32. The molecule has 156 valence electrons. The van der Waals surface area contributed by atoms with E-state index in [2.05, 4.69) is 118 Å². The van der Waals surface area contributed by atoms with Crippen LogP contribution in [0.15, 0.2) is 67.3 Å². The number of hydrogen-bond donors (Lipinski definition) is 0. The lowest BCUT2D eigenvalue weighted by Crippen LogP contribution is -2.55. The molecular formula is C28H32BN2+. The van der Waals surface area contributed by atoms with Gasteiger partial charge < -0.3 is 0 Å². The van der Waals surface area contributed by atoms with E-state index >= 15 is 0 Å². The van der Waals surface area contributed by atoms with Gasteiger partial charge in [-0.05, 0) is 53.7 Å². The SMILES string of the molecule is Cc1cc(C)c(B(c2ccc(-n3cc[n+](C)c3)cc2)c2c(C)cc(C)cc2C)c(C)c1. The molecule has 0 spiro atoms. The topological polar surface area (TPSA) is 8.81 Å². The molecule has 0 atom stereocenters. The van der Waals surface area contributed by atoms with Gasteiger partial charge in [-0.2, -0.15) is 0 Å². The van der Waals surface area contributed by atoms with Gasteiger partial charge in [0.2, 0.25) is 13.0 Å². The summed E-state index contributed by atoms with van der Waals surface area (Å²) < 4.78 is 4.22. The summed E-state index contributed by atoms with van der Waals surface area (Å²) in [6.45, 7) is 13.6. The number of aromatic nitrogens is 2. The van der Waals surface area contributed by atoms with Crippen LogP contribution < -0.4 is 21.0 Å². The Kier molecular flexibility index (Phi) is 5.62. The molecule has 3 heteroatoms. The average Bonchev–Trinajstić information content (AvgIpc) is 3.12. The van der Waals surface area contributed by atoms with Crippen molar-refractivity contribution in [3.63, 3.8) is 0 Å². The highest BCUT2D eigenvalue weighted by Gasteiger charge is 2.28. The molecular weight excluding hydrogens is 375 g/mol. The molecule has 0 fully saturated rings. The minimum absolute atomic E-state index is 0.219. The molecule has 3 aromatic carbocycles. The summed E-state index contributed by atoms with van der Waals surface area (Å²) in [5, 5.41) is 0. The van der Waals surface area contributed by atoms with Crippen molar-refractivity contribution in [2.45, 2.75) is 41.5 Å². The molecule has 0 saturated heterocycles. The van der Waals surface area contributed by atoms with Crippen LogP contribution in [0.25, 0.3) is 5.69 Å². The van der Waals surface area contributed by atoms with E-state index < -0.39 is 0 Å². The first kappa shape index (κ1) is 21.2. The minimum atomic E-state index is 0.219. The van der Waals surface area contributed by atoms with Crippen LogP contribution in [0.5, 0.6) is 0 Å². The molecule has 0 aliphatic carbocycles. The number of nitrogens with zero attached hydrogens (tertiary/aromatic N) is 2. The summed E-state index contributed by atoms with van der Waals surface area (Å²) in [6.07, 6.45) is 6.25. The largest absolute Gasteiger partial charge is 0.248 e. The fourth-order valence-electron chi connectivity index (χ4n) is 5.21. The lowest BCUT2D eigenvalue weighted by molar-refractivity contribution is -0.670. The van der Waals surface area contributed by atoms with Gasteiger partial charge in [0, 0.05) is 0 Å². The van der Waals surface area contributed by atoms with Crippen LogP contribution in [0, 0.1) is 41.5 Å². The summed E-state index contributed by atoms with van der Waals surface area (Å²) in [6, 6.07) is 18.4. The highest BCUT2D eigenvalue weighted by Crippen LogP contribution is 2.14. The zero-order valence-electron chi connectivity index (χ0n) is 19.8. The normalized spacial score (nSPS) is 11.1. The van der Waals surface area contributed by atoms with Crippen LogP contribution >= 0.6 is 0 Å². The Morgan fingerprint density at radius 1 is 0.677 bits per heavy atom. The molecule has 1 aromatic heterocycles. The lowest BCUT2D eigenvalue weighted by Gasteiger charge is -2.24. The Bertz CT molecular complexity index is 1140. The van der Waals surface area contributed by atoms with Gasteiger partial charge in [0.25, 0.3) is 0 Å². The number of hydrogen-bond acceptors (Lipinski definition) is 0. The molecule has 1 heterocycles. The van der Waals surface area contributed by atoms with Gasteiger partial charge >= 0.3 is 0 Å². The fraction of sp³-hybridized carbons (Fsp3) is 0.250. The van der Waals surface area contributed by atoms with Gasteiger partial charge in [0.1, 0.15) is 18.1 Å². The van der Waals surface area contributed by atoms with E-state index in [-0.39, 0.29) is 6.71 Å². The van der Waals surface area contributed by atoms with E-state index in [1.807, 2.05) is 7.05 Å². The zero-order chi connectivity index (χ0) is 22.3. The van der Waals surface area contributed by atoms with Gasteiger partial charge in [-0.1, -0.05) is 86.2 Å². The molecule has 0 saturated carbocycles. The molecule has 0 aliphatic rings. The summed E-state index contributed by atoms with van der Waals surface area (Å²) in [7, 11) is 2.05. The maximum Gasteiger partial charge on any atom is 0.248 e. The molecule has 4 aromatic rings. The third kappa shape index (κ3) is 4.10. The molecule has 0 bridgehead atoms. The van der Waals surface area contributed by atoms with Crippen molar-refractivity contribution in [1.29, 1.82) is 0 Å². The first-order chi connectivity index (χ1) is 14.7. The number of aryl methyl sites for hydroxylation is 7. The molecule has 31 heavy (non-hydrogen) atoms. The van der Waals surface area contributed by atoms with E-state index in [0.29, 0.717) is 0 Å². The number of imidazole rings is 1. The third-order valence-corrected chi connectivity index (χ3v) is 6.35. The molecule has 0 amide bonds. The van der Waals surface area contributed by atoms with Crippen molar-refractivity contribution in [3.05, 3.63) is 101 Å². The second kappa shape index (κ2) is 8.22. The van der Waals surface area contributed by atoms with E-state index in [1.54, 1.807) is 0 Å². The highest BCUT2D eigenvalue weighted by molar-refractivity contribution is 6.96. The molecule has 0 unspecified atom stereocenters. The van der Waals surface area contributed by atoms with Crippen LogP contribution in [-0.2, 0) is 7.05 Å². The average molecular weight is 407 g/mol. The Balaban J connectivity index is 1.92. The van der Waals surface area contributed by atoms with Gasteiger partial charge in [-0.25, -0.2) is 9.13 Å². The van der Waals surface area contributed by atoms with Crippen molar-refractivity contribution >= 4 is 23.1 Å². The first-order valence-corrected chi connectivity index (χ1v) is 11.0. The van der Waals surface area contributed by atoms with Gasteiger partial charge in [0.05, 0.1) is 7.05 Å². The van der Waals surface area contributed by atoms with Crippen molar-refractivity contribution < 1.29 is 4.57 Å². The van der Waals surface area contributed by atoms with Crippen molar-refractivity contribution in [1.82, 2.24) is 4.57 Å². The lowest BCUT2D eigenvalue weighted by atomic mass is 9.34. The Morgan fingerprint density at radius 3 is 1.52 bits per heavy atom. The summed E-state index contributed by atoms with van der Waals surface area (Å²) in [5.41, 5.74) is 13.5. The van der Waals surface area contributed by atoms with Crippen LogP contribution in [0.1, 0.15) is 33.4 Å². The number of rotatable bonds is 4.